The van der Waals surface area contributed by atoms with Crippen LogP contribution in [0, 0.1) is 12.8 Å². The van der Waals surface area contributed by atoms with Gasteiger partial charge in [-0.05, 0) is 36.8 Å². The van der Waals surface area contributed by atoms with Gasteiger partial charge in [0.25, 0.3) is 0 Å². The highest BCUT2D eigenvalue weighted by Crippen LogP contribution is 2.36. The Morgan fingerprint density at radius 3 is 2.71 bits per heavy atom. The standard InChI is InChI=1S/C13H18O/c1-10-4-2-3-5-12(10)13(14)9-8-11-6-7-11/h2-5,11,13-14H,6-9H2,1H3. The molecule has 0 amide bonds. The highest BCUT2D eigenvalue weighted by atomic mass is 16.3. The van der Waals surface area contributed by atoms with Crippen molar-refractivity contribution in [1.82, 2.24) is 0 Å². The molecule has 0 bridgehead atoms. The Morgan fingerprint density at radius 1 is 1.36 bits per heavy atom. The number of aryl methyl sites for hydroxylation is 1. The third-order valence-electron chi connectivity index (χ3n) is 3.09. The predicted molar refractivity (Wildman–Crippen MR) is 58.1 cm³/mol. The van der Waals surface area contributed by atoms with Gasteiger partial charge in [-0.3, -0.25) is 0 Å². The smallest absolute Gasteiger partial charge is 0.0792 e. The molecule has 76 valence electrons. The fourth-order valence-corrected chi connectivity index (χ4v) is 1.92. The summed E-state index contributed by atoms with van der Waals surface area (Å²) in [6, 6.07) is 8.12. The zero-order valence-corrected chi connectivity index (χ0v) is 8.74. The van der Waals surface area contributed by atoms with Gasteiger partial charge in [0, 0.05) is 0 Å². The molecule has 0 saturated heterocycles. The van der Waals surface area contributed by atoms with Crippen LogP contribution < -0.4 is 0 Å². The van der Waals surface area contributed by atoms with Gasteiger partial charge in [0.05, 0.1) is 6.10 Å². The minimum Gasteiger partial charge on any atom is -0.388 e. The molecule has 1 aliphatic carbocycles. The van der Waals surface area contributed by atoms with Gasteiger partial charge in [-0.15, -0.1) is 0 Å². The number of hydrogen-bond donors (Lipinski definition) is 1. The van der Waals surface area contributed by atoms with Crippen LogP contribution in [-0.2, 0) is 0 Å². The fourth-order valence-electron chi connectivity index (χ4n) is 1.92. The third-order valence-corrected chi connectivity index (χ3v) is 3.09. The maximum absolute atomic E-state index is 9.98. The first kappa shape index (κ1) is 9.72. The van der Waals surface area contributed by atoms with Crippen LogP contribution in [0.2, 0.25) is 0 Å². The first-order valence-electron chi connectivity index (χ1n) is 5.51. The van der Waals surface area contributed by atoms with Gasteiger partial charge in [0.15, 0.2) is 0 Å². The largest absolute Gasteiger partial charge is 0.388 e. The molecule has 0 aromatic heterocycles. The van der Waals surface area contributed by atoms with E-state index in [4.69, 9.17) is 0 Å². The molecule has 1 fully saturated rings. The zero-order chi connectivity index (χ0) is 9.97. The second-order valence-corrected chi connectivity index (χ2v) is 4.39. The van der Waals surface area contributed by atoms with Gasteiger partial charge < -0.3 is 5.11 Å². The lowest BCUT2D eigenvalue weighted by Gasteiger charge is -2.12. The van der Waals surface area contributed by atoms with Gasteiger partial charge in [-0.1, -0.05) is 37.1 Å². The van der Waals surface area contributed by atoms with E-state index >= 15 is 0 Å². The van der Waals surface area contributed by atoms with E-state index in [1.54, 1.807) is 0 Å². The Balaban J connectivity index is 1.95. The Morgan fingerprint density at radius 2 is 2.07 bits per heavy atom. The second-order valence-electron chi connectivity index (χ2n) is 4.39. The summed E-state index contributed by atoms with van der Waals surface area (Å²) in [4.78, 5) is 0. The van der Waals surface area contributed by atoms with Crippen molar-refractivity contribution in [2.45, 2.75) is 38.7 Å². The maximum Gasteiger partial charge on any atom is 0.0792 e. The molecule has 0 spiro atoms. The van der Waals surface area contributed by atoms with Crippen LogP contribution in [0.4, 0.5) is 0 Å². The Bertz CT molecular complexity index is 302. The van der Waals surface area contributed by atoms with E-state index in [-0.39, 0.29) is 6.10 Å². The van der Waals surface area contributed by atoms with Crippen LogP contribution in [-0.4, -0.2) is 5.11 Å². The molecule has 1 atom stereocenters. The Labute approximate surface area is 85.8 Å². The molecule has 1 heteroatoms. The van der Waals surface area contributed by atoms with E-state index in [0.717, 1.165) is 17.9 Å². The Kier molecular flexibility index (Phi) is 2.87. The van der Waals surface area contributed by atoms with Gasteiger partial charge in [0.2, 0.25) is 0 Å². The lowest BCUT2D eigenvalue weighted by molar-refractivity contribution is 0.161. The van der Waals surface area contributed by atoms with E-state index in [9.17, 15) is 5.11 Å². The van der Waals surface area contributed by atoms with Crippen molar-refractivity contribution in [3.05, 3.63) is 35.4 Å². The molecular formula is C13H18O. The number of aliphatic hydroxyl groups is 1. The molecule has 1 nitrogen and oxygen atoms in total. The first-order chi connectivity index (χ1) is 6.77. The minimum atomic E-state index is -0.253. The molecular weight excluding hydrogens is 172 g/mol. The summed E-state index contributed by atoms with van der Waals surface area (Å²) in [6.45, 7) is 2.07. The third kappa shape index (κ3) is 2.36. The van der Waals surface area contributed by atoms with Crippen molar-refractivity contribution in [2.24, 2.45) is 5.92 Å². The van der Waals surface area contributed by atoms with Crippen LogP contribution in [0.5, 0.6) is 0 Å². The summed E-state index contributed by atoms with van der Waals surface area (Å²) in [5.41, 5.74) is 2.31. The topological polar surface area (TPSA) is 20.2 Å². The van der Waals surface area contributed by atoms with E-state index in [1.165, 1.54) is 24.8 Å². The van der Waals surface area contributed by atoms with Crippen LogP contribution in [0.1, 0.15) is 42.9 Å². The normalized spacial score (nSPS) is 18.1. The van der Waals surface area contributed by atoms with Gasteiger partial charge in [0.1, 0.15) is 0 Å². The summed E-state index contributed by atoms with van der Waals surface area (Å²) < 4.78 is 0. The molecule has 2 rings (SSSR count). The van der Waals surface area contributed by atoms with E-state index in [0.29, 0.717) is 0 Å². The molecule has 1 N–H and O–H groups in total. The first-order valence-corrected chi connectivity index (χ1v) is 5.51. The summed E-state index contributed by atoms with van der Waals surface area (Å²) in [5.74, 6) is 0.911. The number of rotatable bonds is 4. The molecule has 1 unspecified atom stereocenters. The van der Waals surface area contributed by atoms with Crippen molar-refractivity contribution in [2.75, 3.05) is 0 Å². The number of benzene rings is 1. The lowest BCUT2D eigenvalue weighted by atomic mass is 9.99. The summed E-state index contributed by atoms with van der Waals surface area (Å²) in [7, 11) is 0. The SMILES string of the molecule is Cc1ccccc1C(O)CCC1CC1. The summed E-state index contributed by atoms with van der Waals surface area (Å²) in [5, 5.41) is 9.98. The average Bonchev–Trinajstić information content (AvgIpc) is 2.98. The monoisotopic (exact) mass is 190 g/mol. The molecule has 1 aliphatic rings. The Hall–Kier alpha value is -0.820. The molecule has 0 aliphatic heterocycles. The van der Waals surface area contributed by atoms with E-state index < -0.39 is 0 Å². The van der Waals surface area contributed by atoms with E-state index in [1.807, 2.05) is 18.2 Å². The van der Waals surface area contributed by atoms with Crippen molar-refractivity contribution < 1.29 is 5.11 Å². The maximum atomic E-state index is 9.98. The summed E-state index contributed by atoms with van der Waals surface area (Å²) >= 11 is 0. The second kappa shape index (κ2) is 4.14. The molecule has 1 saturated carbocycles. The van der Waals surface area contributed by atoms with Gasteiger partial charge >= 0.3 is 0 Å². The molecule has 14 heavy (non-hydrogen) atoms. The zero-order valence-electron chi connectivity index (χ0n) is 8.74. The van der Waals surface area contributed by atoms with Gasteiger partial charge in [-0.25, -0.2) is 0 Å². The van der Waals surface area contributed by atoms with E-state index in [2.05, 4.69) is 13.0 Å². The van der Waals surface area contributed by atoms with Crippen LogP contribution in [0.3, 0.4) is 0 Å². The van der Waals surface area contributed by atoms with Gasteiger partial charge in [-0.2, -0.15) is 0 Å². The quantitative estimate of drug-likeness (QED) is 0.773. The summed E-state index contributed by atoms with van der Waals surface area (Å²) in [6.07, 6.45) is 4.61. The van der Waals surface area contributed by atoms with Crippen LogP contribution >= 0.6 is 0 Å². The molecule has 0 heterocycles. The van der Waals surface area contributed by atoms with Crippen LogP contribution in [0.15, 0.2) is 24.3 Å². The molecule has 1 aromatic rings. The molecule has 0 radical (unpaired) electrons. The fraction of sp³-hybridized carbons (Fsp3) is 0.538. The number of aliphatic hydroxyl groups excluding tert-OH is 1. The highest BCUT2D eigenvalue weighted by molar-refractivity contribution is 5.27. The lowest BCUT2D eigenvalue weighted by Crippen LogP contribution is -2.00. The number of hydrogen-bond acceptors (Lipinski definition) is 1. The average molecular weight is 190 g/mol. The van der Waals surface area contributed by atoms with Crippen molar-refractivity contribution in [3.8, 4) is 0 Å². The van der Waals surface area contributed by atoms with Crippen molar-refractivity contribution in [1.29, 1.82) is 0 Å². The van der Waals surface area contributed by atoms with Crippen LogP contribution in [0.25, 0.3) is 0 Å². The van der Waals surface area contributed by atoms with Crippen molar-refractivity contribution >= 4 is 0 Å². The highest BCUT2D eigenvalue weighted by Gasteiger charge is 2.22. The molecule has 1 aromatic carbocycles. The predicted octanol–water partition coefficient (Wildman–Crippen LogP) is 3.22. The minimum absolute atomic E-state index is 0.253. The van der Waals surface area contributed by atoms with Crippen molar-refractivity contribution in [3.63, 3.8) is 0 Å².